The summed E-state index contributed by atoms with van der Waals surface area (Å²) in [7, 11) is 1.91. The van der Waals surface area contributed by atoms with Gasteiger partial charge in [-0.2, -0.15) is 0 Å². The van der Waals surface area contributed by atoms with Crippen molar-refractivity contribution in [2.75, 3.05) is 16.4 Å². The van der Waals surface area contributed by atoms with Crippen LogP contribution < -0.4 is 10.6 Å². The van der Waals surface area contributed by atoms with E-state index in [9.17, 15) is 4.79 Å². The fraction of sp³-hybridized carbons (Fsp3) is 0.250. The fourth-order valence-electron chi connectivity index (χ4n) is 2.51. The summed E-state index contributed by atoms with van der Waals surface area (Å²) in [4.78, 5) is 12.2. The van der Waals surface area contributed by atoms with Gasteiger partial charge in [0.05, 0.1) is 12.3 Å². The van der Waals surface area contributed by atoms with Crippen LogP contribution in [0.4, 0.5) is 11.4 Å². The number of anilines is 2. The predicted octanol–water partition coefficient (Wildman–Crippen LogP) is 3.77. The number of carbonyl (C=O) groups is 1. The summed E-state index contributed by atoms with van der Waals surface area (Å²) in [6, 6.07) is 15.9. The molecule has 0 aliphatic carbocycles. The molecule has 0 aliphatic rings. The second kappa shape index (κ2) is 8.73. The number of carbonyl (C=O) groups excluding carboxylic acids is 1. The summed E-state index contributed by atoms with van der Waals surface area (Å²) in [6.45, 7) is 4.60. The van der Waals surface area contributed by atoms with E-state index in [0.717, 1.165) is 27.9 Å². The predicted molar refractivity (Wildman–Crippen MR) is 110 cm³/mol. The first kappa shape index (κ1) is 19.0. The number of nitrogens with zero attached hydrogens (tertiary/aromatic N) is 3. The molecule has 0 atom stereocenters. The molecule has 1 amide bonds. The Kier molecular flexibility index (Phi) is 6.13. The molecule has 0 radical (unpaired) electrons. The van der Waals surface area contributed by atoms with E-state index in [4.69, 9.17) is 0 Å². The van der Waals surface area contributed by atoms with Gasteiger partial charge in [-0.15, -0.1) is 10.2 Å². The molecule has 140 valence electrons. The van der Waals surface area contributed by atoms with Crippen molar-refractivity contribution in [3.8, 4) is 0 Å². The van der Waals surface area contributed by atoms with Gasteiger partial charge in [0, 0.05) is 18.4 Å². The fourth-order valence-corrected chi connectivity index (χ4v) is 3.24. The van der Waals surface area contributed by atoms with Gasteiger partial charge < -0.3 is 15.2 Å². The summed E-state index contributed by atoms with van der Waals surface area (Å²) < 4.78 is 1.91. The first-order valence-corrected chi connectivity index (χ1v) is 9.68. The number of benzene rings is 2. The summed E-state index contributed by atoms with van der Waals surface area (Å²) in [6.07, 6.45) is 0. The van der Waals surface area contributed by atoms with Crippen molar-refractivity contribution in [2.45, 2.75) is 25.5 Å². The van der Waals surface area contributed by atoms with Crippen molar-refractivity contribution in [3.63, 3.8) is 0 Å². The lowest BCUT2D eigenvalue weighted by Crippen LogP contribution is -2.15. The zero-order valence-corrected chi connectivity index (χ0v) is 16.5. The van der Waals surface area contributed by atoms with Gasteiger partial charge in [0.25, 0.3) is 0 Å². The Morgan fingerprint density at radius 3 is 2.56 bits per heavy atom. The second-order valence-electron chi connectivity index (χ2n) is 6.33. The molecule has 1 aromatic heterocycles. The normalized spacial score (nSPS) is 10.6. The quantitative estimate of drug-likeness (QED) is 0.610. The van der Waals surface area contributed by atoms with E-state index in [-0.39, 0.29) is 11.7 Å². The van der Waals surface area contributed by atoms with Gasteiger partial charge in [0.15, 0.2) is 11.0 Å². The van der Waals surface area contributed by atoms with Crippen LogP contribution >= 0.6 is 11.8 Å². The monoisotopic (exact) mass is 381 g/mol. The highest BCUT2D eigenvalue weighted by Crippen LogP contribution is 2.18. The number of aryl methyl sites for hydroxylation is 2. The third-order valence-electron chi connectivity index (χ3n) is 4.18. The maximum Gasteiger partial charge on any atom is 0.234 e. The molecule has 3 rings (SSSR count). The molecule has 0 unspecified atom stereocenters. The third-order valence-corrected chi connectivity index (χ3v) is 5.20. The molecule has 0 aliphatic heterocycles. The molecule has 0 bridgehead atoms. The van der Waals surface area contributed by atoms with Crippen LogP contribution in [0.15, 0.2) is 53.7 Å². The summed E-state index contributed by atoms with van der Waals surface area (Å²) in [5.74, 6) is 1.04. The number of amides is 1. The SMILES string of the molecule is Cc1ccc(NCc2nnc(SCC(=O)Nc3ccccc3C)n2C)cc1. The molecule has 6 nitrogen and oxygen atoms in total. The number of para-hydroxylation sites is 1. The number of rotatable bonds is 7. The number of hydrogen-bond acceptors (Lipinski definition) is 5. The van der Waals surface area contributed by atoms with Crippen LogP contribution in [0.2, 0.25) is 0 Å². The van der Waals surface area contributed by atoms with Gasteiger partial charge >= 0.3 is 0 Å². The maximum absolute atomic E-state index is 12.2. The van der Waals surface area contributed by atoms with Crippen molar-refractivity contribution >= 4 is 29.0 Å². The first-order chi connectivity index (χ1) is 13.0. The standard InChI is InChI=1S/C20H23N5OS/c1-14-8-10-16(11-9-14)21-12-18-23-24-20(25(18)3)27-13-19(26)22-17-7-5-4-6-15(17)2/h4-11,21H,12-13H2,1-3H3,(H,22,26). The van der Waals surface area contributed by atoms with Crippen LogP contribution in [0, 0.1) is 13.8 Å². The van der Waals surface area contributed by atoms with Gasteiger partial charge in [-0.3, -0.25) is 4.79 Å². The Morgan fingerprint density at radius 2 is 1.81 bits per heavy atom. The molecule has 0 fully saturated rings. The number of aromatic nitrogens is 3. The van der Waals surface area contributed by atoms with Crippen molar-refractivity contribution in [1.29, 1.82) is 0 Å². The van der Waals surface area contributed by atoms with Crippen LogP contribution in [0.3, 0.4) is 0 Å². The molecule has 2 aromatic carbocycles. The zero-order valence-electron chi connectivity index (χ0n) is 15.7. The molecule has 1 heterocycles. The summed E-state index contributed by atoms with van der Waals surface area (Å²) in [5, 5.41) is 15.4. The Balaban J connectivity index is 1.53. The van der Waals surface area contributed by atoms with Gasteiger partial charge in [0.1, 0.15) is 0 Å². The summed E-state index contributed by atoms with van der Waals surface area (Å²) in [5.41, 5.74) is 4.14. The van der Waals surface area contributed by atoms with Crippen LogP contribution in [0.5, 0.6) is 0 Å². The highest BCUT2D eigenvalue weighted by atomic mass is 32.2. The average Bonchev–Trinajstić information content (AvgIpc) is 3.01. The van der Waals surface area contributed by atoms with Crippen LogP contribution in [0.25, 0.3) is 0 Å². The number of thioether (sulfide) groups is 1. The van der Waals surface area contributed by atoms with E-state index in [0.29, 0.717) is 6.54 Å². The minimum absolute atomic E-state index is 0.0587. The van der Waals surface area contributed by atoms with E-state index in [1.54, 1.807) is 0 Å². The van der Waals surface area contributed by atoms with E-state index in [1.165, 1.54) is 17.3 Å². The second-order valence-corrected chi connectivity index (χ2v) is 7.27. The highest BCUT2D eigenvalue weighted by molar-refractivity contribution is 7.99. The topological polar surface area (TPSA) is 71.8 Å². The maximum atomic E-state index is 12.2. The summed E-state index contributed by atoms with van der Waals surface area (Å²) >= 11 is 1.37. The van der Waals surface area contributed by atoms with Crippen molar-refractivity contribution < 1.29 is 4.79 Å². The highest BCUT2D eigenvalue weighted by Gasteiger charge is 2.12. The minimum Gasteiger partial charge on any atom is -0.378 e. The molecule has 3 aromatic rings. The lowest BCUT2D eigenvalue weighted by Gasteiger charge is -2.08. The zero-order chi connectivity index (χ0) is 19.2. The van der Waals surface area contributed by atoms with Crippen LogP contribution in [0.1, 0.15) is 17.0 Å². The third kappa shape index (κ3) is 5.10. The molecular weight excluding hydrogens is 358 g/mol. The molecule has 0 saturated carbocycles. The first-order valence-electron chi connectivity index (χ1n) is 8.70. The Bertz CT molecular complexity index is 920. The largest absolute Gasteiger partial charge is 0.378 e. The molecule has 2 N–H and O–H groups in total. The van der Waals surface area contributed by atoms with E-state index in [1.807, 2.05) is 54.9 Å². The van der Waals surface area contributed by atoms with E-state index >= 15 is 0 Å². The van der Waals surface area contributed by atoms with Crippen LogP contribution in [-0.2, 0) is 18.4 Å². The Hall–Kier alpha value is -2.80. The van der Waals surface area contributed by atoms with Gasteiger partial charge in [-0.05, 0) is 37.6 Å². The van der Waals surface area contributed by atoms with E-state index < -0.39 is 0 Å². The van der Waals surface area contributed by atoms with Gasteiger partial charge in [0.2, 0.25) is 5.91 Å². The Morgan fingerprint density at radius 1 is 1.07 bits per heavy atom. The Labute approximate surface area is 163 Å². The van der Waals surface area contributed by atoms with Crippen molar-refractivity contribution in [3.05, 3.63) is 65.5 Å². The molecule has 0 saturated heterocycles. The van der Waals surface area contributed by atoms with Crippen molar-refractivity contribution in [2.24, 2.45) is 7.05 Å². The number of hydrogen-bond donors (Lipinski definition) is 2. The number of nitrogens with one attached hydrogen (secondary N) is 2. The minimum atomic E-state index is -0.0587. The van der Waals surface area contributed by atoms with Gasteiger partial charge in [-0.25, -0.2) is 0 Å². The lowest BCUT2D eigenvalue weighted by molar-refractivity contribution is -0.113. The molecule has 0 spiro atoms. The van der Waals surface area contributed by atoms with Crippen LogP contribution in [-0.4, -0.2) is 26.4 Å². The van der Waals surface area contributed by atoms with E-state index in [2.05, 4.69) is 39.9 Å². The molecule has 7 heteroatoms. The van der Waals surface area contributed by atoms with Gasteiger partial charge in [-0.1, -0.05) is 47.7 Å². The average molecular weight is 382 g/mol. The van der Waals surface area contributed by atoms with Crippen molar-refractivity contribution in [1.82, 2.24) is 14.8 Å². The lowest BCUT2D eigenvalue weighted by atomic mass is 10.2. The molecular formula is C20H23N5OS. The smallest absolute Gasteiger partial charge is 0.234 e. The molecule has 27 heavy (non-hydrogen) atoms.